The Labute approximate surface area is 184 Å². The maximum Gasteiger partial charge on any atom is 0.412 e. The number of benzene rings is 2. The van der Waals surface area contributed by atoms with Crippen molar-refractivity contribution < 1.29 is 36.7 Å². The zero-order valence-electron chi connectivity index (χ0n) is 16.9. The molecule has 2 aliphatic heterocycles. The van der Waals surface area contributed by atoms with Crippen LogP contribution in [0, 0.1) is 5.82 Å². The van der Waals surface area contributed by atoms with Gasteiger partial charge in [-0.25, -0.2) is 4.39 Å². The van der Waals surface area contributed by atoms with Crippen molar-refractivity contribution in [3.8, 4) is 0 Å². The van der Waals surface area contributed by atoms with Gasteiger partial charge in [0, 0.05) is 29.7 Å². The van der Waals surface area contributed by atoms with Crippen LogP contribution in [0.2, 0.25) is 0 Å². The van der Waals surface area contributed by atoms with E-state index < -0.39 is 53.3 Å². The van der Waals surface area contributed by atoms with Crippen molar-refractivity contribution in [2.24, 2.45) is 0 Å². The van der Waals surface area contributed by atoms with Gasteiger partial charge in [-0.3, -0.25) is 24.5 Å². The molecular formula is C22H17F4N3O4. The molecule has 1 saturated heterocycles. The smallest absolute Gasteiger partial charge is 0.337 e. The predicted molar refractivity (Wildman–Crippen MR) is 105 cm³/mol. The molecule has 2 aromatic rings. The minimum atomic E-state index is -4.95. The van der Waals surface area contributed by atoms with Crippen molar-refractivity contribution in [2.75, 3.05) is 0 Å². The van der Waals surface area contributed by atoms with Gasteiger partial charge in [0.1, 0.15) is 11.9 Å². The first-order valence-electron chi connectivity index (χ1n) is 9.96. The Balaban J connectivity index is 1.56. The number of rotatable bonds is 4. The second-order valence-electron chi connectivity index (χ2n) is 7.74. The lowest BCUT2D eigenvalue weighted by Gasteiger charge is -2.29. The molecule has 0 aromatic heterocycles. The number of alkyl halides is 3. The molecule has 2 aliphatic rings. The number of fused-ring (bicyclic) bond motifs is 1. The van der Waals surface area contributed by atoms with E-state index in [-0.39, 0.29) is 30.5 Å². The first-order valence-corrected chi connectivity index (χ1v) is 9.96. The Morgan fingerprint density at radius 3 is 2.52 bits per heavy atom. The lowest BCUT2D eigenvalue weighted by Crippen LogP contribution is -2.52. The largest absolute Gasteiger partial charge is 0.412 e. The molecule has 172 valence electrons. The number of hydrogen-bond acceptors (Lipinski definition) is 4. The molecule has 0 saturated carbocycles. The van der Waals surface area contributed by atoms with Crippen molar-refractivity contribution in [3.05, 3.63) is 70.5 Å². The summed E-state index contributed by atoms with van der Waals surface area (Å²) in [4.78, 5) is 50.0. The summed E-state index contributed by atoms with van der Waals surface area (Å²) < 4.78 is 54.7. The minimum Gasteiger partial charge on any atom is -0.337 e. The fraction of sp³-hybridized carbons (Fsp3) is 0.273. The molecule has 0 spiro atoms. The van der Waals surface area contributed by atoms with Gasteiger partial charge < -0.3 is 10.2 Å². The molecule has 2 N–H and O–H groups in total. The first kappa shape index (κ1) is 22.4. The van der Waals surface area contributed by atoms with E-state index in [0.29, 0.717) is 5.56 Å². The second kappa shape index (κ2) is 8.30. The van der Waals surface area contributed by atoms with Crippen molar-refractivity contribution >= 4 is 23.6 Å². The minimum absolute atomic E-state index is 0.0441. The van der Waals surface area contributed by atoms with Crippen LogP contribution in [-0.2, 0) is 16.1 Å². The van der Waals surface area contributed by atoms with E-state index in [4.69, 9.17) is 0 Å². The number of piperidine rings is 1. The van der Waals surface area contributed by atoms with Crippen molar-refractivity contribution in [1.82, 2.24) is 15.5 Å². The van der Waals surface area contributed by atoms with E-state index in [0.717, 1.165) is 12.1 Å². The number of amides is 4. The van der Waals surface area contributed by atoms with Crippen molar-refractivity contribution in [2.45, 2.75) is 37.6 Å². The zero-order valence-corrected chi connectivity index (χ0v) is 16.9. The van der Waals surface area contributed by atoms with Crippen LogP contribution < -0.4 is 10.6 Å². The molecule has 1 unspecified atom stereocenters. The third kappa shape index (κ3) is 4.30. The van der Waals surface area contributed by atoms with Crippen LogP contribution in [0.4, 0.5) is 17.6 Å². The highest BCUT2D eigenvalue weighted by atomic mass is 19.4. The zero-order chi connectivity index (χ0) is 23.9. The van der Waals surface area contributed by atoms with E-state index in [1.807, 2.05) is 5.32 Å². The normalized spacial score (nSPS) is 19.2. The quantitative estimate of drug-likeness (QED) is 0.538. The topological polar surface area (TPSA) is 95.6 Å². The number of carbonyl (C=O) groups excluding carboxylic acids is 4. The maximum atomic E-state index is 14.0. The van der Waals surface area contributed by atoms with E-state index in [1.54, 1.807) is 0 Å². The highest BCUT2D eigenvalue weighted by Gasteiger charge is 2.44. The third-order valence-electron chi connectivity index (χ3n) is 5.60. The highest BCUT2D eigenvalue weighted by molar-refractivity contribution is 6.06. The molecule has 7 nitrogen and oxygen atoms in total. The van der Waals surface area contributed by atoms with Gasteiger partial charge in [-0.2, -0.15) is 13.2 Å². The molecule has 2 heterocycles. The molecule has 4 amide bonds. The third-order valence-corrected chi connectivity index (χ3v) is 5.60. The summed E-state index contributed by atoms with van der Waals surface area (Å²) in [5, 5.41) is 3.98. The van der Waals surface area contributed by atoms with Crippen LogP contribution in [0.3, 0.4) is 0 Å². The summed E-state index contributed by atoms with van der Waals surface area (Å²) in [6.07, 6.45) is -4.74. The Bertz CT molecular complexity index is 1160. The van der Waals surface area contributed by atoms with Gasteiger partial charge in [0.25, 0.3) is 11.8 Å². The molecule has 1 fully saturated rings. The van der Waals surface area contributed by atoms with Crippen LogP contribution in [0.1, 0.15) is 50.7 Å². The van der Waals surface area contributed by atoms with E-state index in [1.165, 1.54) is 35.2 Å². The average Bonchev–Trinajstić information content (AvgIpc) is 3.07. The molecule has 0 bridgehead atoms. The number of hydrogen-bond donors (Lipinski definition) is 2. The molecule has 0 aliphatic carbocycles. The summed E-state index contributed by atoms with van der Waals surface area (Å²) in [6.45, 7) is -0.0441. The molecule has 4 rings (SSSR count). The van der Waals surface area contributed by atoms with Gasteiger partial charge in [-0.05, 0) is 36.2 Å². The number of nitrogens with zero attached hydrogens (tertiary/aromatic N) is 1. The van der Waals surface area contributed by atoms with E-state index >= 15 is 0 Å². The van der Waals surface area contributed by atoms with Gasteiger partial charge in [-0.1, -0.05) is 18.2 Å². The average molecular weight is 463 g/mol. The van der Waals surface area contributed by atoms with Crippen molar-refractivity contribution in [1.29, 1.82) is 0 Å². The standard InChI is InChI=1S/C22H17F4N3O4/c23-15-4-2-1-3-14(15)18(22(24,25)26)28-19(31)11-5-6-13-12(9-11)10-29(21(13)33)16-7-8-17(30)27-20(16)32/h1-6,9,16,18H,7-8,10H2,(H,28,31)(H,27,30,32)/t16?,18-/m1/s1. The lowest BCUT2D eigenvalue weighted by molar-refractivity contribution is -0.155. The van der Waals surface area contributed by atoms with Crippen LogP contribution in [0.25, 0.3) is 0 Å². The molecular weight excluding hydrogens is 446 g/mol. The summed E-state index contributed by atoms with van der Waals surface area (Å²) in [7, 11) is 0. The molecule has 2 aromatic carbocycles. The summed E-state index contributed by atoms with van der Waals surface area (Å²) in [5.74, 6) is -3.74. The molecule has 2 atom stereocenters. The summed E-state index contributed by atoms with van der Waals surface area (Å²) >= 11 is 0. The Hall–Kier alpha value is -3.76. The Morgan fingerprint density at radius 2 is 1.85 bits per heavy atom. The number of carbonyl (C=O) groups is 4. The fourth-order valence-electron chi connectivity index (χ4n) is 3.98. The van der Waals surface area contributed by atoms with Gasteiger partial charge in [-0.15, -0.1) is 0 Å². The lowest BCUT2D eigenvalue weighted by atomic mass is 10.0. The van der Waals surface area contributed by atoms with E-state index in [9.17, 15) is 36.7 Å². The molecule has 11 heteroatoms. The highest BCUT2D eigenvalue weighted by Crippen LogP contribution is 2.34. The molecule has 33 heavy (non-hydrogen) atoms. The van der Waals surface area contributed by atoms with Gasteiger partial charge >= 0.3 is 6.18 Å². The summed E-state index contributed by atoms with van der Waals surface area (Å²) in [6, 6.07) is 4.59. The fourth-order valence-corrected chi connectivity index (χ4v) is 3.98. The second-order valence-corrected chi connectivity index (χ2v) is 7.74. The first-order chi connectivity index (χ1) is 15.6. The Morgan fingerprint density at radius 1 is 1.12 bits per heavy atom. The van der Waals surface area contributed by atoms with E-state index in [2.05, 4.69) is 5.32 Å². The van der Waals surface area contributed by atoms with Gasteiger partial charge in [0.05, 0.1) is 0 Å². The van der Waals surface area contributed by atoms with Crippen molar-refractivity contribution in [3.63, 3.8) is 0 Å². The predicted octanol–water partition coefficient (Wildman–Crippen LogP) is 2.62. The van der Waals surface area contributed by atoms with Gasteiger partial charge in [0.15, 0.2) is 6.04 Å². The number of halogens is 4. The maximum absolute atomic E-state index is 14.0. The van der Waals surface area contributed by atoms with Crippen LogP contribution in [-0.4, -0.2) is 40.7 Å². The van der Waals surface area contributed by atoms with Crippen LogP contribution in [0.5, 0.6) is 0 Å². The number of nitrogens with one attached hydrogen (secondary N) is 2. The van der Waals surface area contributed by atoms with Crippen LogP contribution in [0.15, 0.2) is 42.5 Å². The monoisotopic (exact) mass is 463 g/mol. The van der Waals surface area contributed by atoms with Crippen LogP contribution >= 0.6 is 0 Å². The molecule has 0 radical (unpaired) electrons. The Kier molecular flexibility index (Phi) is 5.64. The SMILES string of the molecule is O=C1CCC(N2Cc3cc(C(=O)N[C@H](c4ccccc4F)C(F)(F)F)ccc3C2=O)C(=O)N1. The number of imide groups is 1. The summed E-state index contributed by atoms with van der Waals surface area (Å²) in [5.41, 5.74) is -0.319. The van der Waals surface area contributed by atoms with Gasteiger partial charge in [0.2, 0.25) is 11.8 Å².